The molecule has 1 rings (SSSR count). The van der Waals surface area contributed by atoms with Gasteiger partial charge in [-0.05, 0) is 30.6 Å². The van der Waals surface area contributed by atoms with Gasteiger partial charge in [-0.3, -0.25) is 9.63 Å². The summed E-state index contributed by atoms with van der Waals surface area (Å²) in [6, 6.07) is 0. The molecule has 100 valence electrons. The second-order valence-electron chi connectivity index (χ2n) is 5.85. The van der Waals surface area contributed by atoms with Crippen LogP contribution in [0.4, 0.5) is 0 Å². The standard InChI is InChI=1S/C13H25NO3/c1-13(2,9-16-4)8-10-6-11(7-10)12(15)14(3)17-5/h10-11H,6-9H2,1-5H3/t10-,11+. The number of methoxy groups -OCH3 is 1. The first kappa shape index (κ1) is 14.5. The molecule has 4 heteroatoms. The number of amides is 1. The van der Waals surface area contributed by atoms with Crippen molar-refractivity contribution in [1.29, 1.82) is 0 Å². The van der Waals surface area contributed by atoms with Gasteiger partial charge < -0.3 is 4.74 Å². The first-order chi connectivity index (χ1) is 7.89. The molecular formula is C13H25NO3. The van der Waals surface area contributed by atoms with Crippen LogP contribution in [0.5, 0.6) is 0 Å². The lowest BCUT2D eigenvalue weighted by Crippen LogP contribution is -2.41. The minimum absolute atomic E-state index is 0.105. The molecule has 0 N–H and O–H groups in total. The van der Waals surface area contributed by atoms with Gasteiger partial charge in [-0.1, -0.05) is 13.8 Å². The fourth-order valence-electron chi connectivity index (χ4n) is 2.68. The smallest absolute Gasteiger partial charge is 0.248 e. The molecule has 0 atom stereocenters. The first-order valence-electron chi connectivity index (χ1n) is 6.20. The highest BCUT2D eigenvalue weighted by Gasteiger charge is 2.38. The number of carbonyl (C=O) groups is 1. The van der Waals surface area contributed by atoms with Crippen LogP contribution in [0.2, 0.25) is 0 Å². The molecule has 1 amide bonds. The molecule has 1 saturated carbocycles. The van der Waals surface area contributed by atoms with Crippen LogP contribution in [0.25, 0.3) is 0 Å². The Kier molecular flexibility index (Phi) is 4.95. The lowest BCUT2D eigenvalue weighted by molar-refractivity contribution is -0.178. The quantitative estimate of drug-likeness (QED) is 0.671. The van der Waals surface area contributed by atoms with E-state index in [1.807, 2.05) is 0 Å². The summed E-state index contributed by atoms with van der Waals surface area (Å²) in [5.41, 5.74) is 0.209. The molecule has 0 aliphatic heterocycles. The summed E-state index contributed by atoms with van der Waals surface area (Å²) in [5, 5.41) is 1.33. The minimum atomic E-state index is 0.105. The molecule has 1 aliphatic rings. The maximum atomic E-state index is 11.8. The highest BCUT2D eigenvalue weighted by atomic mass is 16.7. The zero-order valence-electron chi connectivity index (χ0n) is 11.7. The molecule has 0 bridgehead atoms. The van der Waals surface area contributed by atoms with E-state index in [1.54, 1.807) is 14.2 Å². The van der Waals surface area contributed by atoms with Crippen molar-refractivity contribution in [3.8, 4) is 0 Å². The molecule has 1 fully saturated rings. The number of rotatable bonds is 6. The average molecular weight is 243 g/mol. The third kappa shape index (κ3) is 3.96. The van der Waals surface area contributed by atoms with Crippen LogP contribution in [0, 0.1) is 17.3 Å². The van der Waals surface area contributed by atoms with E-state index in [2.05, 4.69) is 13.8 Å². The van der Waals surface area contributed by atoms with E-state index in [1.165, 1.54) is 12.2 Å². The van der Waals surface area contributed by atoms with Crippen molar-refractivity contribution >= 4 is 5.91 Å². The van der Waals surface area contributed by atoms with Gasteiger partial charge in [0.05, 0.1) is 13.7 Å². The summed E-state index contributed by atoms with van der Waals surface area (Å²) < 4.78 is 5.21. The van der Waals surface area contributed by atoms with Gasteiger partial charge in [-0.2, -0.15) is 0 Å². The van der Waals surface area contributed by atoms with Gasteiger partial charge in [0.2, 0.25) is 5.91 Å². The zero-order chi connectivity index (χ0) is 13.1. The van der Waals surface area contributed by atoms with Crippen LogP contribution in [-0.2, 0) is 14.4 Å². The monoisotopic (exact) mass is 243 g/mol. The minimum Gasteiger partial charge on any atom is -0.384 e. The molecule has 0 radical (unpaired) electrons. The lowest BCUT2D eigenvalue weighted by Gasteiger charge is -2.39. The van der Waals surface area contributed by atoms with Crippen LogP contribution in [0.15, 0.2) is 0 Å². The molecule has 0 spiro atoms. The summed E-state index contributed by atoms with van der Waals surface area (Å²) in [7, 11) is 4.93. The number of hydrogen-bond donors (Lipinski definition) is 0. The summed E-state index contributed by atoms with van der Waals surface area (Å²) in [5.74, 6) is 0.913. The maximum absolute atomic E-state index is 11.8. The second-order valence-corrected chi connectivity index (χ2v) is 5.85. The van der Waals surface area contributed by atoms with E-state index in [-0.39, 0.29) is 17.2 Å². The first-order valence-corrected chi connectivity index (χ1v) is 6.20. The molecule has 0 aromatic heterocycles. The van der Waals surface area contributed by atoms with E-state index in [4.69, 9.17) is 9.57 Å². The summed E-state index contributed by atoms with van der Waals surface area (Å²) >= 11 is 0. The van der Waals surface area contributed by atoms with Crippen molar-refractivity contribution in [2.24, 2.45) is 17.3 Å². The van der Waals surface area contributed by atoms with Crippen molar-refractivity contribution in [2.75, 3.05) is 27.9 Å². The fraction of sp³-hybridized carbons (Fsp3) is 0.923. The maximum Gasteiger partial charge on any atom is 0.248 e. The number of nitrogens with zero attached hydrogens (tertiary/aromatic N) is 1. The summed E-state index contributed by atoms with van der Waals surface area (Å²) in [4.78, 5) is 16.7. The van der Waals surface area contributed by atoms with Crippen LogP contribution < -0.4 is 0 Å². The Hall–Kier alpha value is -0.610. The highest BCUT2D eigenvalue weighted by molar-refractivity contribution is 5.78. The van der Waals surface area contributed by atoms with E-state index in [0.29, 0.717) is 5.92 Å². The zero-order valence-corrected chi connectivity index (χ0v) is 11.7. The highest BCUT2D eigenvalue weighted by Crippen LogP contribution is 2.42. The molecule has 0 aromatic carbocycles. The molecule has 0 heterocycles. The van der Waals surface area contributed by atoms with Crippen molar-refractivity contribution in [3.63, 3.8) is 0 Å². The van der Waals surface area contributed by atoms with E-state index in [9.17, 15) is 4.79 Å². The molecule has 1 aliphatic carbocycles. The second kappa shape index (κ2) is 5.83. The van der Waals surface area contributed by atoms with Crippen LogP contribution in [0.1, 0.15) is 33.1 Å². The largest absolute Gasteiger partial charge is 0.384 e. The third-order valence-corrected chi connectivity index (χ3v) is 3.55. The average Bonchev–Trinajstić information content (AvgIpc) is 2.20. The molecule has 4 nitrogen and oxygen atoms in total. The predicted octanol–water partition coefficient (Wildman–Crippen LogP) is 2.10. The van der Waals surface area contributed by atoms with Crippen molar-refractivity contribution in [3.05, 3.63) is 0 Å². The predicted molar refractivity (Wildman–Crippen MR) is 66.3 cm³/mol. The fourth-order valence-corrected chi connectivity index (χ4v) is 2.68. The SMILES string of the molecule is COCC(C)(C)C[C@H]1C[C@@H](C(=O)N(C)OC)C1. The van der Waals surface area contributed by atoms with Crippen molar-refractivity contribution < 1.29 is 14.4 Å². The Morgan fingerprint density at radius 3 is 2.41 bits per heavy atom. The Morgan fingerprint density at radius 1 is 1.35 bits per heavy atom. The van der Waals surface area contributed by atoms with Crippen molar-refractivity contribution in [1.82, 2.24) is 5.06 Å². The van der Waals surface area contributed by atoms with Crippen LogP contribution in [-0.4, -0.2) is 38.8 Å². The molecule has 17 heavy (non-hydrogen) atoms. The Morgan fingerprint density at radius 2 is 1.94 bits per heavy atom. The number of hydrogen-bond acceptors (Lipinski definition) is 3. The molecule has 0 unspecified atom stereocenters. The topological polar surface area (TPSA) is 38.8 Å². The normalized spacial score (nSPS) is 24.3. The number of ether oxygens (including phenoxy) is 1. The van der Waals surface area contributed by atoms with Gasteiger partial charge in [-0.25, -0.2) is 5.06 Å². The van der Waals surface area contributed by atoms with Gasteiger partial charge in [0.15, 0.2) is 0 Å². The third-order valence-electron chi connectivity index (χ3n) is 3.55. The van der Waals surface area contributed by atoms with E-state index >= 15 is 0 Å². The summed E-state index contributed by atoms with van der Waals surface area (Å²) in [6.07, 6.45) is 3.10. The van der Waals surface area contributed by atoms with Crippen LogP contribution >= 0.6 is 0 Å². The Bertz CT molecular complexity index is 259. The van der Waals surface area contributed by atoms with Gasteiger partial charge >= 0.3 is 0 Å². The Balaban J connectivity index is 2.30. The van der Waals surface area contributed by atoms with Gasteiger partial charge in [-0.15, -0.1) is 0 Å². The van der Waals surface area contributed by atoms with Crippen LogP contribution in [0.3, 0.4) is 0 Å². The van der Waals surface area contributed by atoms with E-state index in [0.717, 1.165) is 25.9 Å². The van der Waals surface area contributed by atoms with Crippen molar-refractivity contribution in [2.45, 2.75) is 33.1 Å². The molecule has 0 saturated heterocycles. The molecular weight excluding hydrogens is 218 g/mol. The summed E-state index contributed by atoms with van der Waals surface area (Å²) in [6.45, 7) is 5.21. The number of hydroxylamine groups is 2. The van der Waals surface area contributed by atoms with Gasteiger partial charge in [0.25, 0.3) is 0 Å². The Labute approximate surface area is 104 Å². The lowest BCUT2D eigenvalue weighted by atomic mass is 9.67. The van der Waals surface area contributed by atoms with Gasteiger partial charge in [0.1, 0.15) is 0 Å². The van der Waals surface area contributed by atoms with E-state index < -0.39 is 0 Å². The molecule has 0 aromatic rings. The number of carbonyl (C=O) groups excluding carboxylic acids is 1. The van der Waals surface area contributed by atoms with Gasteiger partial charge in [0, 0.05) is 20.1 Å².